The highest BCUT2D eigenvalue weighted by molar-refractivity contribution is 5.62. The lowest BCUT2D eigenvalue weighted by atomic mass is 10.1. The Hall–Kier alpha value is -2.31. The quantitative estimate of drug-likeness (QED) is 0.901. The van der Waals surface area contributed by atoms with E-state index in [2.05, 4.69) is 15.3 Å². The lowest BCUT2D eigenvalue weighted by molar-refractivity contribution is -0.144. The minimum atomic E-state index is -4.63. The summed E-state index contributed by atoms with van der Waals surface area (Å²) in [6, 6.07) is 8.66. The molecule has 0 spiro atoms. The number of hydrogen-bond acceptors (Lipinski definition) is 4. The molecule has 0 aliphatic rings. The second-order valence-corrected chi connectivity index (χ2v) is 4.53. The van der Waals surface area contributed by atoms with Gasteiger partial charge < -0.3 is 11.1 Å². The number of hydrogen-bond donors (Lipinski definition) is 2. The Morgan fingerprint density at radius 2 is 1.90 bits per heavy atom. The van der Waals surface area contributed by atoms with Crippen molar-refractivity contribution < 1.29 is 13.2 Å². The molecule has 1 aromatic carbocycles. The van der Waals surface area contributed by atoms with E-state index in [0.29, 0.717) is 5.69 Å². The van der Waals surface area contributed by atoms with Crippen molar-refractivity contribution in [1.82, 2.24) is 9.97 Å². The van der Waals surface area contributed by atoms with Gasteiger partial charge in [-0.15, -0.1) is 0 Å². The van der Waals surface area contributed by atoms with E-state index in [9.17, 15) is 13.2 Å². The predicted molar refractivity (Wildman–Crippen MR) is 75.2 cm³/mol. The Kier molecular flexibility index (Phi) is 4.30. The van der Waals surface area contributed by atoms with E-state index in [-0.39, 0.29) is 11.6 Å². The van der Waals surface area contributed by atoms with Gasteiger partial charge in [-0.3, -0.25) is 0 Å². The fourth-order valence-corrected chi connectivity index (χ4v) is 1.92. The van der Waals surface area contributed by atoms with Gasteiger partial charge in [0.1, 0.15) is 11.6 Å². The lowest BCUT2D eigenvalue weighted by Gasteiger charge is -2.13. The van der Waals surface area contributed by atoms with E-state index in [1.54, 1.807) is 12.1 Å². The highest BCUT2D eigenvalue weighted by atomic mass is 19.4. The number of nitrogens with zero attached hydrogens (tertiary/aromatic N) is 2. The van der Waals surface area contributed by atoms with Gasteiger partial charge in [-0.05, 0) is 18.1 Å². The molecular formula is C14H15F3N4. The molecule has 0 unspecified atom stereocenters. The molecule has 112 valence electrons. The van der Waals surface area contributed by atoms with Crippen LogP contribution < -0.4 is 11.1 Å². The minimum absolute atomic E-state index is 0.0263. The molecule has 4 nitrogen and oxygen atoms in total. The number of nitrogens with one attached hydrogen (secondary N) is 1. The highest BCUT2D eigenvalue weighted by Crippen LogP contribution is 2.29. The van der Waals surface area contributed by atoms with Gasteiger partial charge in [0, 0.05) is 11.8 Å². The van der Waals surface area contributed by atoms with Crippen LogP contribution in [0.5, 0.6) is 0 Å². The first-order chi connectivity index (χ1) is 9.90. The van der Waals surface area contributed by atoms with Crippen LogP contribution in [0, 0.1) is 0 Å². The Morgan fingerprint density at radius 1 is 1.19 bits per heavy atom. The third-order valence-corrected chi connectivity index (χ3v) is 2.80. The average Bonchev–Trinajstić information content (AvgIpc) is 2.40. The zero-order valence-electron chi connectivity index (χ0n) is 11.4. The first-order valence-corrected chi connectivity index (χ1v) is 6.47. The van der Waals surface area contributed by atoms with Crippen molar-refractivity contribution in [2.45, 2.75) is 25.9 Å². The van der Waals surface area contributed by atoms with Gasteiger partial charge >= 0.3 is 6.18 Å². The molecule has 0 aliphatic heterocycles. The van der Waals surface area contributed by atoms with Crippen molar-refractivity contribution >= 4 is 17.3 Å². The van der Waals surface area contributed by atoms with Gasteiger partial charge in [0.05, 0.1) is 0 Å². The highest BCUT2D eigenvalue weighted by Gasteiger charge is 2.35. The van der Waals surface area contributed by atoms with Crippen LogP contribution in [0.2, 0.25) is 0 Å². The van der Waals surface area contributed by atoms with Crippen LogP contribution in [-0.2, 0) is 12.6 Å². The van der Waals surface area contributed by atoms with Gasteiger partial charge in [-0.2, -0.15) is 13.2 Å². The molecule has 0 amide bonds. The molecule has 7 heteroatoms. The molecule has 3 N–H and O–H groups in total. The molecule has 0 radical (unpaired) electrons. The van der Waals surface area contributed by atoms with Gasteiger partial charge in [0.2, 0.25) is 5.82 Å². The van der Waals surface area contributed by atoms with Crippen molar-refractivity contribution in [3.63, 3.8) is 0 Å². The number of nitrogen functional groups attached to an aromatic ring is 1. The van der Waals surface area contributed by atoms with E-state index in [1.807, 2.05) is 19.1 Å². The smallest absolute Gasteiger partial charge is 0.384 e. The van der Waals surface area contributed by atoms with Crippen molar-refractivity contribution in [2.24, 2.45) is 0 Å². The van der Waals surface area contributed by atoms with Gasteiger partial charge in [-0.25, -0.2) is 9.97 Å². The van der Waals surface area contributed by atoms with Crippen LogP contribution in [0.15, 0.2) is 30.3 Å². The molecule has 2 rings (SSSR count). The van der Waals surface area contributed by atoms with E-state index in [0.717, 1.165) is 18.4 Å². The molecular weight excluding hydrogens is 281 g/mol. The normalized spacial score (nSPS) is 11.4. The van der Waals surface area contributed by atoms with Crippen molar-refractivity contribution in [3.8, 4) is 0 Å². The van der Waals surface area contributed by atoms with Crippen LogP contribution in [-0.4, -0.2) is 9.97 Å². The number of aryl methyl sites for hydroxylation is 1. The monoisotopic (exact) mass is 296 g/mol. The van der Waals surface area contributed by atoms with Crippen LogP contribution in [0.3, 0.4) is 0 Å². The van der Waals surface area contributed by atoms with E-state index in [4.69, 9.17) is 5.73 Å². The Bertz CT molecular complexity index is 626. The second kappa shape index (κ2) is 5.99. The first kappa shape index (κ1) is 15.1. The van der Waals surface area contributed by atoms with Crippen LogP contribution >= 0.6 is 0 Å². The van der Waals surface area contributed by atoms with Crippen LogP contribution in [0.1, 0.15) is 24.7 Å². The number of halogens is 3. The second-order valence-electron chi connectivity index (χ2n) is 4.53. The third kappa shape index (κ3) is 3.84. The van der Waals surface area contributed by atoms with Gasteiger partial charge in [-0.1, -0.05) is 31.5 Å². The summed E-state index contributed by atoms with van der Waals surface area (Å²) in [7, 11) is 0. The maximum absolute atomic E-state index is 12.7. The molecule has 2 aromatic rings. The molecule has 0 atom stereocenters. The Morgan fingerprint density at radius 3 is 2.57 bits per heavy atom. The number of para-hydroxylation sites is 1. The molecule has 1 heterocycles. The number of alkyl halides is 3. The third-order valence-electron chi connectivity index (χ3n) is 2.80. The number of nitrogens with two attached hydrogens (primary N) is 1. The van der Waals surface area contributed by atoms with Crippen molar-refractivity contribution in [3.05, 3.63) is 41.7 Å². The van der Waals surface area contributed by atoms with Crippen LogP contribution in [0.4, 0.5) is 30.5 Å². The standard InChI is InChI=1S/C14H15F3N4/c1-2-5-9-6-3-4-7-10(9)19-12-8-11(18)20-13(21-12)14(15,16)17/h3-4,6-8H,2,5H2,1H3,(H3,18,19,20,21). The maximum atomic E-state index is 12.7. The summed E-state index contributed by atoms with van der Waals surface area (Å²) in [4.78, 5) is 6.68. The van der Waals surface area contributed by atoms with E-state index in [1.165, 1.54) is 6.07 Å². The van der Waals surface area contributed by atoms with Gasteiger partial charge in [0.25, 0.3) is 0 Å². The topological polar surface area (TPSA) is 63.8 Å². The fraction of sp³-hybridized carbons (Fsp3) is 0.286. The molecule has 0 saturated heterocycles. The molecule has 0 aliphatic carbocycles. The summed E-state index contributed by atoms with van der Waals surface area (Å²) < 4.78 is 38.0. The molecule has 0 bridgehead atoms. The molecule has 21 heavy (non-hydrogen) atoms. The van der Waals surface area contributed by atoms with E-state index < -0.39 is 12.0 Å². The van der Waals surface area contributed by atoms with Crippen molar-refractivity contribution in [2.75, 3.05) is 11.1 Å². The molecule has 0 saturated carbocycles. The lowest BCUT2D eigenvalue weighted by Crippen LogP contribution is -2.13. The summed E-state index contributed by atoms with van der Waals surface area (Å²) in [5.74, 6) is -1.45. The zero-order valence-corrected chi connectivity index (χ0v) is 11.4. The van der Waals surface area contributed by atoms with E-state index >= 15 is 0 Å². The summed E-state index contributed by atoms with van der Waals surface area (Å²) in [5, 5.41) is 2.88. The SMILES string of the molecule is CCCc1ccccc1Nc1cc(N)nc(C(F)(F)F)n1. The number of aromatic nitrogens is 2. The first-order valence-electron chi connectivity index (χ1n) is 6.47. The maximum Gasteiger partial charge on any atom is 0.451 e. The predicted octanol–water partition coefficient (Wildman–Crippen LogP) is 3.77. The number of rotatable bonds is 4. The summed E-state index contributed by atoms with van der Waals surface area (Å²) in [6.07, 6.45) is -2.89. The largest absolute Gasteiger partial charge is 0.451 e. The summed E-state index contributed by atoms with van der Waals surface area (Å²) in [6.45, 7) is 2.03. The van der Waals surface area contributed by atoms with Gasteiger partial charge in [0.15, 0.2) is 0 Å². The van der Waals surface area contributed by atoms with Crippen LogP contribution in [0.25, 0.3) is 0 Å². The minimum Gasteiger partial charge on any atom is -0.384 e. The summed E-state index contributed by atoms with van der Waals surface area (Å²) in [5.41, 5.74) is 7.13. The van der Waals surface area contributed by atoms with Crippen molar-refractivity contribution in [1.29, 1.82) is 0 Å². The molecule has 1 aromatic heterocycles. The average molecular weight is 296 g/mol. The Labute approximate surface area is 120 Å². The summed E-state index contributed by atoms with van der Waals surface area (Å²) >= 11 is 0. The zero-order chi connectivity index (χ0) is 15.5. The Balaban J connectivity index is 2.34. The number of benzene rings is 1. The fourth-order valence-electron chi connectivity index (χ4n) is 1.92. The molecule has 0 fully saturated rings. The number of anilines is 3.